The molecular weight excluding hydrogens is 366 g/mol. The molecule has 1 saturated heterocycles. The summed E-state index contributed by atoms with van der Waals surface area (Å²) in [5.41, 5.74) is 3.89. The number of ether oxygens (including phenoxy) is 1. The highest BCUT2D eigenvalue weighted by molar-refractivity contribution is 7.80. The Hall–Kier alpha value is -1.95. The maximum atomic E-state index is 5.81. The lowest BCUT2D eigenvalue weighted by Crippen LogP contribution is -2.44. The van der Waals surface area contributed by atoms with Crippen LogP contribution in [0.5, 0.6) is 0 Å². The third kappa shape index (κ3) is 6.89. The number of morpholine rings is 1. The molecule has 5 heteroatoms. The van der Waals surface area contributed by atoms with E-state index < -0.39 is 0 Å². The van der Waals surface area contributed by atoms with Crippen molar-refractivity contribution in [3.63, 3.8) is 0 Å². The quantitative estimate of drug-likeness (QED) is 0.700. The molecule has 0 amide bonds. The van der Waals surface area contributed by atoms with E-state index in [9.17, 15) is 0 Å². The molecular formula is C23H31N3OS. The van der Waals surface area contributed by atoms with Crippen molar-refractivity contribution in [1.82, 2.24) is 15.5 Å². The third-order valence-electron chi connectivity index (χ3n) is 4.92. The van der Waals surface area contributed by atoms with Crippen LogP contribution in [0.4, 0.5) is 0 Å². The molecule has 150 valence electrons. The van der Waals surface area contributed by atoms with Crippen LogP contribution in [0.1, 0.15) is 30.5 Å². The summed E-state index contributed by atoms with van der Waals surface area (Å²) in [4.78, 5) is 2.47. The van der Waals surface area contributed by atoms with E-state index in [1.807, 2.05) is 6.07 Å². The number of nitrogens with one attached hydrogen (secondary N) is 2. The summed E-state index contributed by atoms with van der Waals surface area (Å²) in [6.45, 7) is 8.84. The summed E-state index contributed by atoms with van der Waals surface area (Å²) in [6, 6.07) is 19.2. The predicted octanol–water partition coefficient (Wildman–Crippen LogP) is 3.50. The molecule has 0 saturated carbocycles. The summed E-state index contributed by atoms with van der Waals surface area (Å²) in [6.07, 6.45) is 1.58. The summed E-state index contributed by atoms with van der Waals surface area (Å²) in [5.74, 6) is 0. The van der Waals surface area contributed by atoms with Gasteiger partial charge in [0.15, 0.2) is 5.11 Å². The fraction of sp³-hybridized carbons (Fsp3) is 0.435. The first-order valence-electron chi connectivity index (χ1n) is 10.1. The van der Waals surface area contributed by atoms with Gasteiger partial charge in [-0.3, -0.25) is 4.90 Å². The molecule has 0 aromatic heterocycles. The van der Waals surface area contributed by atoms with Gasteiger partial charge in [-0.25, -0.2) is 0 Å². The number of nitrogens with zero attached hydrogens (tertiary/aromatic N) is 1. The lowest BCUT2D eigenvalue weighted by Gasteiger charge is -2.35. The van der Waals surface area contributed by atoms with Gasteiger partial charge >= 0.3 is 0 Å². The van der Waals surface area contributed by atoms with E-state index in [-0.39, 0.29) is 0 Å². The van der Waals surface area contributed by atoms with Crippen LogP contribution in [0, 0.1) is 0 Å². The van der Waals surface area contributed by atoms with Crippen LogP contribution in [0.2, 0.25) is 0 Å². The van der Waals surface area contributed by atoms with Crippen molar-refractivity contribution in [3.8, 4) is 0 Å². The van der Waals surface area contributed by atoms with Crippen molar-refractivity contribution in [2.45, 2.75) is 45.6 Å². The van der Waals surface area contributed by atoms with E-state index in [1.165, 1.54) is 16.7 Å². The highest BCUT2D eigenvalue weighted by Crippen LogP contribution is 2.14. The van der Waals surface area contributed by atoms with E-state index in [0.29, 0.717) is 17.3 Å². The van der Waals surface area contributed by atoms with Crippen molar-refractivity contribution in [1.29, 1.82) is 0 Å². The minimum atomic E-state index is 0.308. The lowest BCUT2D eigenvalue weighted by molar-refractivity contribution is -0.0704. The first-order chi connectivity index (χ1) is 13.6. The van der Waals surface area contributed by atoms with Crippen LogP contribution in [0.15, 0.2) is 54.6 Å². The fourth-order valence-corrected chi connectivity index (χ4v) is 3.82. The molecule has 1 fully saturated rings. The van der Waals surface area contributed by atoms with E-state index in [2.05, 4.69) is 77.9 Å². The summed E-state index contributed by atoms with van der Waals surface area (Å²) < 4.78 is 5.81. The first-order valence-corrected chi connectivity index (χ1v) is 10.5. The Morgan fingerprint density at radius 2 is 1.57 bits per heavy atom. The second-order valence-electron chi connectivity index (χ2n) is 7.61. The zero-order chi connectivity index (χ0) is 19.8. The molecule has 0 aliphatic carbocycles. The Morgan fingerprint density at radius 1 is 0.929 bits per heavy atom. The van der Waals surface area contributed by atoms with Gasteiger partial charge < -0.3 is 15.4 Å². The molecule has 2 unspecified atom stereocenters. The van der Waals surface area contributed by atoms with E-state index in [0.717, 1.165) is 39.1 Å². The second kappa shape index (κ2) is 10.6. The second-order valence-corrected chi connectivity index (χ2v) is 8.02. The predicted molar refractivity (Wildman–Crippen MR) is 119 cm³/mol. The Kier molecular flexibility index (Phi) is 7.83. The van der Waals surface area contributed by atoms with Gasteiger partial charge in [-0.2, -0.15) is 0 Å². The summed E-state index contributed by atoms with van der Waals surface area (Å²) in [7, 11) is 0. The third-order valence-corrected chi connectivity index (χ3v) is 5.21. The topological polar surface area (TPSA) is 36.5 Å². The maximum Gasteiger partial charge on any atom is 0.166 e. The lowest BCUT2D eigenvalue weighted by atomic mass is 10.1. The van der Waals surface area contributed by atoms with Crippen molar-refractivity contribution < 1.29 is 4.74 Å². The van der Waals surface area contributed by atoms with Crippen LogP contribution < -0.4 is 10.6 Å². The number of thiocarbonyl (C=S) groups is 1. The molecule has 28 heavy (non-hydrogen) atoms. The van der Waals surface area contributed by atoms with Crippen LogP contribution in [-0.2, 0) is 24.2 Å². The zero-order valence-electron chi connectivity index (χ0n) is 16.9. The number of rotatable bonds is 7. The van der Waals surface area contributed by atoms with Crippen LogP contribution in [0.25, 0.3) is 0 Å². The Labute approximate surface area is 174 Å². The van der Waals surface area contributed by atoms with Crippen molar-refractivity contribution >= 4 is 17.3 Å². The van der Waals surface area contributed by atoms with E-state index in [1.54, 1.807) is 0 Å². The molecule has 4 nitrogen and oxygen atoms in total. The van der Waals surface area contributed by atoms with Gasteiger partial charge in [-0.15, -0.1) is 0 Å². The van der Waals surface area contributed by atoms with Gasteiger partial charge in [0.1, 0.15) is 0 Å². The molecule has 1 heterocycles. The van der Waals surface area contributed by atoms with Gasteiger partial charge in [0, 0.05) is 32.7 Å². The SMILES string of the molecule is CC1CN(Cc2ccc(CNC(=S)NCCc3ccccc3)cc2)CC(C)O1. The smallest absolute Gasteiger partial charge is 0.166 e. The minimum Gasteiger partial charge on any atom is -0.373 e. The Bertz CT molecular complexity index is 725. The standard InChI is InChI=1S/C23H31N3OS/c1-18-15-26(16-19(2)27-18)17-22-10-8-21(9-11-22)14-25-23(28)24-13-12-20-6-4-3-5-7-20/h3-11,18-19H,12-17H2,1-2H3,(H2,24,25,28). The number of benzene rings is 2. The van der Waals surface area contributed by atoms with Crippen molar-refractivity contribution in [3.05, 3.63) is 71.3 Å². The molecule has 1 aliphatic heterocycles. The molecule has 0 radical (unpaired) electrons. The van der Waals surface area contributed by atoms with Crippen LogP contribution >= 0.6 is 12.2 Å². The summed E-state index contributed by atoms with van der Waals surface area (Å²) in [5, 5.41) is 7.27. The van der Waals surface area contributed by atoms with Crippen molar-refractivity contribution in [2.24, 2.45) is 0 Å². The Balaban J connectivity index is 1.37. The van der Waals surface area contributed by atoms with Gasteiger partial charge in [-0.1, -0.05) is 54.6 Å². The Morgan fingerprint density at radius 3 is 2.25 bits per heavy atom. The van der Waals surface area contributed by atoms with Crippen LogP contribution in [0.3, 0.4) is 0 Å². The maximum absolute atomic E-state index is 5.81. The molecule has 2 N–H and O–H groups in total. The molecule has 1 aliphatic rings. The minimum absolute atomic E-state index is 0.308. The van der Waals surface area contributed by atoms with Gasteiger partial charge in [0.05, 0.1) is 12.2 Å². The van der Waals surface area contributed by atoms with E-state index >= 15 is 0 Å². The van der Waals surface area contributed by atoms with E-state index in [4.69, 9.17) is 17.0 Å². The number of hydrogen-bond donors (Lipinski definition) is 2. The van der Waals surface area contributed by atoms with Crippen molar-refractivity contribution in [2.75, 3.05) is 19.6 Å². The normalized spacial score (nSPS) is 19.9. The van der Waals surface area contributed by atoms with Gasteiger partial charge in [0.25, 0.3) is 0 Å². The zero-order valence-corrected chi connectivity index (χ0v) is 17.7. The molecule has 3 rings (SSSR count). The van der Waals surface area contributed by atoms with Gasteiger partial charge in [0.2, 0.25) is 0 Å². The van der Waals surface area contributed by atoms with Crippen LogP contribution in [-0.4, -0.2) is 41.9 Å². The average molecular weight is 398 g/mol. The number of hydrogen-bond acceptors (Lipinski definition) is 3. The monoisotopic (exact) mass is 397 g/mol. The van der Waals surface area contributed by atoms with Gasteiger partial charge in [-0.05, 0) is 49.2 Å². The molecule has 0 spiro atoms. The molecule has 0 bridgehead atoms. The molecule has 2 atom stereocenters. The molecule has 2 aromatic carbocycles. The fourth-order valence-electron chi connectivity index (χ4n) is 3.64. The molecule has 2 aromatic rings. The highest BCUT2D eigenvalue weighted by atomic mass is 32.1. The first kappa shape index (κ1) is 20.8. The summed E-state index contributed by atoms with van der Waals surface area (Å²) >= 11 is 5.38. The largest absolute Gasteiger partial charge is 0.373 e. The highest BCUT2D eigenvalue weighted by Gasteiger charge is 2.21. The average Bonchev–Trinajstić information content (AvgIpc) is 2.67.